The monoisotopic (exact) mass is 250 g/mol. The molecule has 1 unspecified atom stereocenters. The largest absolute Gasteiger partial charge is 0.481 e. The lowest BCUT2D eigenvalue weighted by molar-refractivity contribution is -0.137. The predicted molar refractivity (Wildman–Crippen MR) is 74.8 cm³/mol. The molecule has 0 amide bonds. The Bertz CT molecular complexity index is 591. The first-order valence-electron chi connectivity index (χ1n) is 6.09. The Hall–Kier alpha value is -2.53. The molecule has 2 rings (SSSR count). The van der Waals surface area contributed by atoms with Crippen molar-refractivity contribution in [3.63, 3.8) is 0 Å². The van der Waals surface area contributed by atoms with Gasteiger partial charge in [0.15, 0.2) is 0 Å². The van der Waals surface area contributed by atoms with E-state index in [1.54, 1.807) is 0 Å². The van der Waals surface area contributed by atoms with E-state index in [0.717, 1.165) is 11.1 Å². The van der Waals surface area contributed by atoms with E-state index in [-0.39, 0.29) is 12.3 Å². The molecular formula is C17H14O2. The molecule has 0 aliphatic rings. The lowest BCUT2D eigenvalue weighted by Crippen LogP contribution is -2.04. The van der Waals surface area contributed by atoms with E-state index >= 15 is 0 Å². The van der Waals surface area contributed by atoms with Gasteiger partial charge < -0.3 is 5.11 Å². The smallest absolute Gasteiger partial charge is 0.304 e. The van der Waals surface area contributed by atoms with Crippen LogP contribution in [0.25, 0.3) is 0 Å². The summed E-state index contributed by atoms with van der Waals surface area (Å²) in [5.74, 6) is 4.97. The molecule has 2 heteroatoms. The molecule has 0 aliphatic carbocycles. The summed E-state index contributed by atoms with van der Waals surface area (Å²) in [5.41, 5.74) is 1.84. The van der Waals surface area contributed by atoms with Gasteiger partial charge in [0.1, 0.15) is 0 Å². The Kier molecular flexibility index (Phi) is 4.36. The van der Waals surface area contributed by atoms with E-state index in [4.69, 9.17) is 5.11 Å². The zero-order valence-electron chi connectivity index (χ0n) is 10.4. The molecule has 19 heavy (non-hydrogen) atoms. The van der Waals surface area contributed by atoms with Gasteiger partial charge in [-0.25, -0.2) is 0 Å². The highest BCUT2D eigenvalue weighted by atomic mass is 16.4. The second-order valence-electron chi connectivity index (χ2n) is 4.20. The minimum atomic E-state index is -0.837. The van der Waals surface area contributed by atoms with E-state index in [1.807, 2.05) is 60.7 Å². The Morgan fingerprint density at radius 3 is 2.16 bits per heavy atom. The van der Waals surface area contributed by atoms with Gasteiger partial charge in [-0.2, -0.15) is 0 Å². The van der Waals surface area contributed by atoms with Crippen LogP contribution in [0.4, 0.5) is 0 Å². The van der Waals surface area contributed by atoms with Crippen molar-refractivity contribution in [3.8, 4) is 11.8 Å². The van der Waals surface area contributed by atoms with Crippen molar-refractivity contribution >= 4 is 5.97 Å². The molecule has 1 N–H and O–H groups in total. The third-order valence-electron chi connectivity index (χ3n) is 2.75. The van der Waals surface area contributed by atoms with Gasteiger partial charge in [-0.3, -0.25) is 4.79 Å². The van der Waals surface area contributed by atoms with Crippen LogP contribution in [0.3, 0.4) is 0 Å². The van der Waals surface area contributed by atoms with Gasteiger partial charge in [0.2, 0.25) is 0 Å². The molecule has 2 aromatic rings. The summed E-state index contributed by atoms with van der Waals surface area (Å²) in [6.45, 7) is 0. The molecule has 0 fully saturated rings. The molecule has 0 radical (unpaired) electrons. The van der Waals surface area contributed by atoms with Crippen LogP contribution in [0.2, 0.25) is 0 Å². The topological polar surface area (TPSA) is 37.3 Å². The summed E-state index contributed by atoms with van der Waals surface area (Å²) in [7, 11) is 0. The second-order valence-corrected chi connectivity index (χ2v) is 4.20. The summed E-state index contributed by atoms with van der Waals surface area (Å²) < 4.78 is 0. The Labute approximate surface area is 112 Å². The van der Waals surface area contributed by atoms with E-state index in [9.17, 15) is 4.79 Å². The molecule has 0 bridgehead atoms. The summed E-state index contributed by atoms with van der Waals surface area (Å²) in [4.78, 5) is 10.9. The SMILES string of the molecule is O=C(O)CC(C#Cc1ccccc1)c1ccccc1. The van der Waals surface area contributed by atoms with Crippen molar-refractivity contribution < 1.29 is 9.90 Å². The first-order valence-corrected chi connectivity index (χ1v) is 6.09. The van der Waals surface area contributed by atoms with Gasteiger partial charge in [0, 0.05) is 5.56 Å². The highest BCUT2D eigenvalue weighted by Crippen LogP contribution is 2.18. The lowest BCUT2D eigenvalue weighted by atomic mass is 9.96. The first kappa shape index (κ1) is 12.9. The van der Waals surface area contributed by atoms with E-state index in [1.165, 1.54) is 0 Å². The molecule has 0 spiro atoms. The van der Waals surface area contributed by atoms with Crippen LogP contribution < -0.4 is 0 Å². The quantitative estimate of drug-likeness (QED) is 0.849. The highest BCUT2D eigenvalue weighted by molar-refractivity contribution is 5.69. The minimum Gasteiger partial charge on any atom is -0.481 e. The van der Waals surface area contributed by atoms with Gasteiger partial charge in [-0.1, -0.05) is 60.4 Å². The van der Waals surface area contributed by atoms with Crippen molar-refractivity contribution in [2.45, 2.75) is 12.3 Å². The molecule has 2 nitrogen and oxygen atoms in total. The maximum atomic E-state index is 10.9. The van der Waals surface area contributed by atoms with Crippen LogP contribution in [0, 0.1) is 11.8 Å². The standard InChI is InChI=1S/C17H14O2/c18-17(19)13-16(15-9-5-2-6-10-15)12-11-14-7-3-1-4-8-14/h1-10,16H,13H2,(H,18,19). The van der Waals surface area contributed by atoms with Crippen molar-refractivity contribution in [3.05, 3.63) is 71.8 Å². The molecule has 0 heterocycles. The van der Waals surface area contributed by atoms with Crippen molar-refractivity contribution in [1.29, 1.82) is 0 Å². The van der Waals surface area contributed by atoms with E-state index < -0.39 is 5.97 Å². The predicted octanol–water partition coefficient (Wildman–Crippen LogP) is 3.30. The lowest BCUT2D eigenvalue weighted by Gasteiger charge is -2.07. The number of aliphatic carboxylic acids is 1. The molecule has 0 saturated carbocycles. The molecule has 1 atom stereocenters. The number of carboxylic acids is 1. The van der Waals surface area contributed by atoms with Crippen LogP contribution in [-0.4, -0.2) is 11.1 Å². The van der Waals surface area contributed by atoms with Gasteiger partial charge in [-0.15, -0.1) is 0 Å². The van der Waals surface area contributed by atoms with Gasteiger partial charge in [0.05, 0.1) is 12.3 Å². The number of hydrogen-bond acceptors (Lipinski definition) is 1. The van der Waals surface area contributed by atoms with Crippen molar-refractivity contribution in [2.24, 2.45) is 0 Å². The van der Waals surface area contributed by atoms with Crippen LogP contribution >= 0.6 is 0 Å². The number of hydrogen-bond donors (Lipinski definition) is 1. The van der Waals surface area contributed by atoms with E-state index in [0.29, 0.717) is 0 Å². The van der Waals surface area contributed by atoms with Crippen LogP contribution in [0.5, 0.6) is 0 Å². The number of carbonyl (C=O) groups is 1. The fourth-order valence-corrected chi connectivity index (χ4v) is 1.80. The van der Waals surface area contributed by atoms with Crippen LogP contribution in [-0.2, 0) is 4.79 Å². The maximum absolute atomic E-state index is 10.9. The molecule has 0 aromatic heterocycles. The summed E-state index contributed by atoms with van der Waals surface area (Å²) >= 11 is 0. The number of rotatable bonds is 3. The summed E-state index contributed by atoms with van der Waals surface area (Å²) in [6, 6.07) is 19.1. The molecular weight excluding hydrogens is 236 g/mol. The Morgan fingerprint density at radius 1 is 1.00 bits per heavy atom. The van der Waals surface area contributed by atoms with Crippen molar-refractivity contribution in [1.82, 2.24) is 0 Å². The zero-order valence-corrected chi connectivity index (χ0v) is 10.4. The number of benzene rings is 2. The zero-order chi connectivity index (χ0) is 13.5. The van der Waals surface area contributed by atoms with Crippen LogP contribution in [0.15, 0.2) is 60.7 Å². The summed E-state index contributed by atoms with van der Waals surface area (Å²) in [6.07, 6.45) is 0.0177. The summed E-state index contributed by atoms with van der Waals surface area (Å²) in [5, 5.41) is 8.97. The average Bonchev–Trinajstić information content (AvgIpc) is 2.45. The van der Waals surface area contributed by atoms with Crippen molar-refractivity contribution in [2.75, 3.05) is 0 Å². The van der Waals surface area contributed by atoms with Gasteiger partial charge in [0.25, 0.3) is 0 Å². The first-order chi connectivity index (χ1) is 9.25. The second kappa shape index (κ2) is 6.42. The van der Waals surface area contributed by atoms with Gasteiger partial charge in [-0.05, 0) is 17.7 Å². The third kappa shape index (κ3) is 4.01. The third-order valence-corrected chi connectivity index (χ3v) is 2.75. The maximum Gasteiger partial charge on any atom is 0.304 e. The van der Waals surface area contributed by atoms with Gasteiger partial charge >= 0.3 is 5.97 Å². The Balaban J connectivity index is 2.25. The molecule has 0 aliphatic heterocycles. The molecule has 94 valence electrons. The average molecular weight is 250 g/mol. The minimum absolute atomic E-state index is 0.0177. The molecule has 0 saturated heterocycles. The van der Waals surface area contributed by atoms with E-state index in [2.05, 4.69) is 11.8 Å². The fourth-order valence-electron chi connectivity index (χ4n) is 1.80. The highest BCUT2D eigenvalue weighted by Gasteiger charge is 2.12. The fraction of sp³-hybridized carbons (Fsp3) is 0.118. The molecule has 2 aromatic carbocycles. The Morgan fingerprint density at radius 2 is 1.58 bits per heavy atom. The normalized spacial score (nSPS) is 11.2. The van der Waals surface area contributed by atoms with Crippen LogP contribution in [0.1, 0.15) is 23.5 Å². The number of carboxylic acid groups (broad SMARTS) is 1.